The topological polar surface area (TPSA) is 63.6 Å². The SMILES string of the molecule is Cc1oc(C(C)(C)C)cc1-c1cc2nc(CSc3cccc(F)c3F)cc(O)n2n1. The zero-order chi connectivity index (χ0) is 21.6. The van der Waals surface area contributed by atoms with Gasteiger partial charge in [-0.05, 0) is 25.1 Å². The molecule has 0 aliphatic rings. The van der Waals surface area contributed by atoms with E-state index in [9.17, 15) is 13.9 Å². The Labute approximate surface area is 176 Å². The molecule has 0 spiro atoms. The van der Waals surface area contributed by atoms with Crippen LogP contribution in [0.15, 0.2) is 45.7 Å². The first-order valence-corrected chi connectivity index (χ1v) is 10.4. The fraction of sp³-hybridized carbons (Fsp3) is 0.273. The van der Waals surface area contributed by atoms with Crippen molar-refractivity contribution in [3.63, 3.8) is 0 Å². The van der Waals surface area contributed by atoms with E-state index in [2.05, 4.69) is 30.9 Å². The Morgan fingerprint density at radius 1 is 1.17 bits per heavy atom. The molecule has 0 saturated heterocycles. The molecule has 4 aromatic rings. The highest BCUT2D eigenvalue weighted by Gasteiger charge is 2.22. The van der Waals surface area contributed by atoms with E-state index in [4.69, 9.17) is 4.42 Å². The first-order chi connectivity index (χ1) is 14.1. The molecule has 3 aromatic heterocycles. The Bertz CT molecular complexity index is 1240. The molecule has 0 saturated carbocycles. The quantitative estimate of drug-likeness (QED) is 0.411. The van der Waals surface area contributed by atoms with Crippen LogP contribution in [0.1, 0.15) is 38.0 Å². The summed E-state index contributed by atoms with van der Waals surface area (Å²) >= 11 is 1.11. The number of halogens is 2. The monoisotopic (exact) mass is 429 g/mol. The number of furan rings is 1. The third-order valence-corrected chi connectivity index (χ3v) is 5.75. The molecule has 0 unspecified atom stereocenters. The Kier molecular flexibility index (Phi) is 5.05. The second kappa shape index (κ2) is 7.43. The van der Waals surface area contributed by atoms with E-state index in [1.165, 1.54) is 22.7 Å². The van der Waals surface area contributed by atoms with Gasteiger partial charge in [-0.2, -0.15) is 9.61 Å². The molecule has 0 atom stereocenters. The van der Waals surface area contributed by atoms with Crippen LogP contribution in [0.5, 0.6) is 5.88 Å². The van der Waals surface area contributed by atoms with Crippen LogP contribution < -0.4 is 0 Å². The lowest BCUT2D eigenvalue weighted by Gasteiger charge is -2.13. The number of benzene rings is 1. The van der Waals surface area contributed by atoms with E-state index in [0.29, 0.717) is 17.0 Å². The molecule has 3 heterocycles. The van der Waals surface area contributed by atoms with E-state index < -0.39 is 11.6 Å². The minimum atomic E-state index is -0.892. The summed E-state index contributed by atoms with van der Waals surface area (Å²) in [5.41, 5.74) is 2.31. The van der Waals surface area contributed by atoms with Crippen LogP contribution in [-0.4, -0.2) is 19.7 Å². The average Bonchev–Trinajstić information content (AvgIpc) is 3.26. The Hall–Kier alpha value is -2.87. The van der Waals surface area contributed by atoms with Crippen LogP contribution in [0.2, 0.25) is 0 Å². The highest BCUT2D eigenvalue weighted by atomic mass is 32.2. The van der Waals surface area contributed by atoms with Gasteiger partial charge in [0.15, 0.2) is 17.3 Å². The van der Waals surface area contributed by atoms with Crippen LogP contribution >= 0.6 is 11.8 Å². The minimum absolute atomic E-state index is 0.0845. The lowest BCUT2D eigenvalue weighted by Crippen LogP contribution is -2.09. The van der Waals surface area contributed by atoms with Gasteiger partial charge in [0.05, 0.1) is 11.4 Å². The molecule has 1 N–H and O–H groups in total. The molecule has 5 nitrogen and oxygen atoms in total. The second-order valence-electron chi connectivity index (χ2n) is 8.08. The zero-order valence-corrected chi connectivity index (χ0v) is 17.8. The van der Waals surface area contributed by atoms with Crippen LogP contribution in [0.25, 0.3) is 16.9 Å². The van der Waals surface area contributed by atoms with Crippen molar-refractivity contribution in [1.29, 1.82) is 0 Å². The lowest BCUT2D eigenvalue weighted by atomic mass is 9.93. The maximum Gasteiger partial charge on any atom is 0.215 e. The number of aromatic nitrogens is 3. The molecule has 4 rings (SSSR count). The standard InChI is InChI=1S/C22H21F2N3O2S/c1-12-14(9-18(29-12)22(2,3)4)16-10-19-25-13(8-20(28)27(19)26-16)11-30-17-7-5-6-15(23)21(17)24/h5-10,28H,11H2,1-4H3. The average molecular weight is 429 g/mol. The van der Waals surface area contributed by atoms with Gasteiger partial charge in [-0.3, -0.25) is 0 Å². The number of rotatable bonds is 4. The number of hydrogen-bond acceptors (Lipinski definition) is 5. The van der Waals surface area contributed by atoms with Crippen molar-refractivity contribution < 1.29 is 18.3 Å². The van der Waals surface area contributed by atoms with Crippen molar-refractivity contribution in [2.24, 2.45) is 0 Å². The van der Waals surface area contributed by atoms with E-state index in [0.717, 1.165) is 34.9 Å². The second-order valence-corrected chi connectivity index (χ2v) is 9.09. The molecule has 30 heavy (non-hydrogen) atoms. The first-order valence-electron chi connectivity index (χ1n) is 9.40. The van der Waals surface area contributed by atoms with Crippen LogP contribution in [0.3, 0.4) is 0 Å². The summed E-state index contributed by atoms with van der Waals surface area (Å²) in [5.74, 6) is -0.0113. The Morgan fingerprint density at radius 3 is 2.63 bits per heavy atom. The van der Waals surface area contributed by atoms with Gasteiger partial charge in [0.1, 0.15) is 11.5 Å². The van der Waals surface area contributed by atoms with E-state index in [1.807, 2.05) is 13.0 Å². The summed E-state index contributed by atoms with van der Waals surface area (Å²) in [5, 5.41) is 14.9. The molecule has 1 aromatic carbocycles. The maximum absolute atomic E-state index is 13.9. The molecule has 0 fully saturated rings. The Morgan fingerprint density at radius 2 is 1.93 bits per heavy atom. The summed E-state index contributed by atoms with van der Waals surface area (Å²) in [6.07, 6.45) is 0. The van der Waals surface area contributed by atoms with Gasteiger partial charge in [0, 0.05) is 33.8 Å². The number of fused-ring (bicyclic) bond motifs is 1. The van der Waals surface area contributed by atoms with Gasteiger partial charge in [-0.15, -0.1) is 11.8 Å². The van der Waals surface area contributed by atoms with E-state index in [1.54, 1.807) is 6.07 Å². The van der Waals surface area contributed by atoms with E-state index in [-0.39, 0.29) is 21.9 Å². The molecular formula is C22H21F2N3O2S. The molecule has 0 bridgehead atoms. The number of aryl methyl sites for hydroxylation is 1. The van der Waals surface area contributed by atoms with Crippen LogP contribution in [-0.2, 0) is 11.2 Å². The fourth-order valence-electron chi connectivity index (χ4n) is 3.07. The summed E-state index contributed by atoms with van der Waals surface area (Å²) in [4.78, 5) is 4.70. The van der Waals surface area contributed by atoms with Gasteiger partial charge in [0.25, 0.3) is 0 Å². The van der Waals surface area contributed by atoms with Crippen molar-refractivity contribution in [2.75, 3.05) is 0 Å². The number of thioether (sulfide) groups is 1. The third kappa shape index (κ3) is 3.79. The van der Waals surface area contributed by atoms with E-state index >= 15 is 0 Å². The molecule has 156 valence electrons. The number of nitrogens with zero attached hydrogens (tertiary/aromatic N) is 3. The van der Waals surface area contributed by atoms with Gasteiger partial charge in [-0.1, -0.05) is 26.8 Å². The van der Waals surface area contributed by atoms with Gasteiger partial charge >= 0.3 is 0 Å². The summed E-state index contributed by atoms with van der Waals surface area (Å²) in [6, 6.07) is 9.23. The molecule has 8 heteroatoms. The lowest BCUT2D eigenvalue weighted by molar-refractivity contribution is 0.396. The van der Waals surface area contributed by atoms with Crippen LogP contribution in [0.4, 0.5) is 8.78 Å². The summed E-state index contributed by atoms with van der Waals surface area (Å²) < 4.78 is 34.5. The normalized spacial score (nSPS) is 12.1. The zero-order valence-electron chi connectivity index (χ0n) is 17.0. The third-order valence-electron chi connectivity index (χ3n) is 4.69. The maximum atomic E-state index is 13.9. The van der Waals surface area contributed by atoms with Crippen molar-refractivity contribution in [2.45, 2.75) is 43.8 Å². The highest BCUT2D eigenvalue weighted by molar-refractivity contribution is 7.98. The predicted molar refractivity (Wildman–Crippen MR) is 112 cm³/mol. The molecule has 0 amide bonds. The molecule has 0 aliphatic heterocycles. The smallest absolute Gasteiger partial charge is 0.215 e. The fourth-order valence-corrected chi connectivity index (χ4v) is 3.92. The van der Waals surface area contributed by atoms with Crippen molar-refractivity contribution in [3.8, 4) is 17.1 Å². The van der Waals surface area contributed by atoms with Crippen molar-refractivity contribution in [3.05, 3.63) is 65.2 Å². The predicted octanol–water partition coefficient (Wildman–Crippen LogP) is 5.87. The number of hydrogen-bond donors (Lipinski definition) is 1. The summed E-state index contributed by atoms with van der Waals surface area (Å²) in [7, 11) is 0. The molecular weight excluding hydrogens is 408 g/mol. The molecule has 0 aliphatic carbocycles. The first kappa shape index (κ1) is 20.4. The van der Waals surface area contributed by atoms with Gasteiger partial charge < -0.3 is 9.52 Å². The summed E-state index contributed by atoms with van der Waals surface area (Å²) in [6.45, 7) is 8.07. The van der Waals surface area contributed by atoms with Crippen molar-refractivity contribution >= 4 is 17.4 Å². The molecule has 0 radical (unpaired) electrons. The van der Waals surface area contributed by atoms with Crippen molar-refractivity contribution in [1.82, 2.24) is 14.6 Å². The highest BCUT2D eigenvalue weighted by Crippen LogP contribution is 2.33. The Balaban J connectivity index is 1.65. The minimum Gasteiger partial charge on any atom is -0.493 e. The number of aromatic hydroxyl groups is 1. The van der Waals surface area contributed by atoms with Gasteiger partial charge in [-0.25, -0.2) is 13.8 Å². The van der Waals surface area contributed by atoms with Gasteiger partial charge in [0.2, 0.25) is 5.88 Å². The van der Waals surface area contributed by atoms with Crippen LogP contribution in [0, 0.1) is 18.6 Å². The largest absolute Gasteiger partial charge is 0.493 e.